The molecule has 0 amide bonds. The van der Waals surface area contributed by atoms with Gasteiger partial charge in [0.05, 0.1) is 12.9 Å². The van der Waals surface area contributed by atoms with Gasteiger partial charge in [-0.3, -0.25) is 4.79 Å². The second kappa shape index (κ2) is 6.73. The zero-order chi connectivity index (χ0) is 13.7. The van der Waals surface area contributed by atoms with E-state index in [1.54, 1.807) is 37.6 Å². The molecule has 5 heteroatoms. The summed E-state index contributed by atoms with van der Waals surface area (Å²) in [7, 11) is 1.60. The normalized spacial score (nSPS) is 10.2. The quantitative estimate of drug-likeness (QED) is 0.614. The summed E-state index contributed by atoms with van der Waals surface area (Å²) in [6.45, 7) is 0. The standard InChI is InChI=1S/C14H12BrNO2S/c1-18-11-6-4-10(5-7-11)13(17)9-19-14-12(15)3-2-8-16-14/h2-8H,9H2,1H3. The number of aromatic nitrogens is 1. The molecular formula is C14H12BrNO2S. The van der Waals surface area contributed by atoms with Crippen molar-refractivity contribution >= 4 is 33.5 Å². The molecule has 1 aromatic heterocycles. The van der Waals surface area contributed by atoms with Crippen LogP contribution in [0.2, 0.25) is 0 Å². The molecule has 0 saturated heterocycles. The Morgan fingerprint density at radius 1 is 1.32 bits per heavy atom. The molecule has 0 spiro atoms. The third-order valence-corrected chi connectivity index (χ3v) is 4.38. The lowest BCUT2D eigenvalue weighted by Gasteiger charge is -2.04. The van der Waals surface area contributed by atoms with Crippen LogP contribution in [-0.4, -0.2) is 23.6 Å². The Kier molecular flexibility index (Phi) is 4.99. The van der Waals surface area contributed by atoms with Crippen LogP contribution >= 0.6 is 27.7 Å². The van der Waals surface area contributed by atoms with Crippen LogP contribution in [0.4, 0.5) is 0 Å². The first-order valence-electron chi connectivity index (χ1n) is 5.61. The van der Waals surface area contributed by atoms with Crippen molar-refractivity contribution in [1.82, 2.24) is 4.98 Å². The molecule has 0 fully saturated rings. The maximum atomic E-state index is 12.0. The molecule has 0 unspecified atom stereocenters. The van der Waals surface area contributed by atoms with Crippen molar-refractivity contribution in [3.8, 4) is 5.75 Å². The number of halogens is 1. The van der Waals surface area contributed by atoms with Crippen molar-refractivity contribution in [2.45, 2.75) is 5.03 Å². The number of rotatable bonds is 5. The summed E-state index contributed by atoms with van der Waals surface area (Å²) in [6, 6.07) is 10.9. The molecular weight excluding hydrogens is 326 g/mol. The molecule has 3 nitrogen and oxygen atoms in total. The number of nitrogens with zero attached hydrogens (tertiary/aromatic N) is 1. The van der Waals surface area contributed by atoms with Gasteiger partial charge in [-0.1, -0.05) is 11.8 Å². The number of carbonyl (C=O) groups is 1. The summed E-state index contributed by atoms with van der Waals surface area (Å²) in [6.07, 6.45) is 1.71. The van der Waals surface area contributed by atoms with Gasteiger partial charge in [-0.05, 0) is 52.3 Å². The molecule has 1 aromatic carbocycles. The summed E-state index contributed by atoms with van der Waals surface area (Å²) in [5.41, 5.74) is 0.681. The van der Waals surface area contributed by atoms with Crippen LogP contribution in [0, 0.1) is 0 Å². The summed E-state index contributed by atoms with van der Waals surface area (Å²) < 4.78 is 5.97. The second-order valence-corrected chi connectivity index (χ2v) is 5.55. The third-order valence-electron chi connectivity index (χ3n) is 2.48. The lowest BCUT2D eigenvalue weighted by Crippen LogP contribution is -2.02. The monoisotopic (exact) mass is 337 g/mol. The van der Waals surface area contributed by atoms with Crippen LogP contribution in [0.15, 0.2) is 52.1 Å². The van der Waals surface area contributed by atoms with Crippen LogP contribution in [0.3, 0.4) is 0 Å². The lowest BCUT2D eigenvalue weighted by molar-refractivity contribution is 0.102. The smallest absolute Gasteiger partial charge is 0.173 e. The van der Waals surface area contributed by atoms with Gasteiger partial charge in [0.1, 0.15) is 10.8 Å². The van der Waals surface area contributed by atoms with Crippen molar-refractivity contribution in [3.05, 3.63) is 52.6 Å². The zero-order valence-corrected chi connectivity index (χ0v) is 12.7. The number of Topliss-reactive ketones (excluding diaryl/α,β-unsaturated/α-hetero) is 1. The summed E-state index contributed by atoms with van der Waals surface area (Å²) in [5.74, 6) is 1.18. The number of benzene rings is 1. The highest BCUT2D eigenvalue weighted by Crippen LogP contribution is 2.25. The molecule has 0 radical (unpaired) electrons. The molecule has 1 heterocycles. The molecule has 0 atom stereocenters. The minimum Gasteiger partial charge on any atom is -0.497 e. The summed E-state index contributed by atoms with van der Waals surface area (Å²) >= 11 is 4.83. The van der Waals surface area contributed by atoms with Crippen molar-refractivity contribution in [2.75, 3.05) is 12.9 Å². The van der Waals surface area contributed by atoms with Crippen LogP contribution in [0.5, 0.6) is 5.75 Å². The molecule has 0 aliphatic rings. The van der Waals surface area contributed by atoms with E-state index in [1.807, 2.05) is 12.1 Å². The fourth-order valence-electron chi connectivity index (χ4n) is 1.47. The second-order valence-electron chi connectivity index (χ2n) is 3.73. The number of methoxy groups -OCH3 is 1. The van der Waals surface area contributed by atoms with Gasteiger partial charge in [0.25, 0.3) is 0 Å². The lowest BCUT2D eigenvalue weighted by atomic mass is 10.1. The predicted molar refractivity (Wildman–Crippen MR) is 80.0 cm³/mol. The van der Waals surface area contributed by atoms with E-state index in [4.69, 9.17) is 4.74 Å². The van der Waals surface area contributed by atoms with E-state index in [0.717, 1.165) is 15.2 Å². The van der Waals surface area contributed by atoms with Gasteiger partial charge in [0.2, 0.25) is 0 Å². The van der Waals surface area contributed by atoms with Crippen molar-refractivity contribution < 1.29 is 9.53 Å². The minimum absolute atomic E-state index is 0.0743. The highest BCUT2D eigenvalue weighted by Gasteiger charge is 2.09. The first-order chi connectivity index (χ1) is 9.20. The SMILES string of the molecule is COc1ccc(C(=O)CSc2ncccc2Br)cc1. The fourth-order valence-corrected chi connectivity index (χ4v) is 2.85. The maximum absolute atomic E-state index is 12.0. The minimum atomic E-state index is 0.0743. The Morgan fingerprint density at radius 3 is 2.68 bits per heavy atom. The van der Waals surface area contributed by atoms with Gasteiger partial charge in [0.15, 0.2) is 5.78 Å². The van der Waals surface area contributed by atoms with Gasteiger partial charge in [-0.2, -0.15) is 0 Å². The number of thioether (sulfide) groups is 1. The van der Waals surface area contributed by atoms with Gasteiger partial charge in [-0.25, -0.2) is 4.98 Å². The van der Waals surface area contributed by atoms with Crippen LogP contribution in [0.1, 0.15) is 10.4 Å². The van der Waals surface area contributed by atoms with E-state index >= 15 is 0 Å². The first-order valence-corrected chi connectivity index (χ1v) is 7.39. The Bertz CT molecular complexity index is 572. The van der Waals surface area contributed by atoms with Gasteiger partial charge < -0.3 is 4.74 Å². The van der Waals surface area contributed by atoms with Gasteiger partial charge in [-0.15, -0.1) is 0 Å². The molecule has 2 rings (SSSR count). The molecule has 0 bridgehead atoms. The number of carbonyl (C=O) groups excluding carboxylic acids is 1. The number of ether oxygens (including phenoxy) is 1. The van der Waals surface area contributed by atoms with Crippen molar-refractivity contribution in [2.24, 2.45) is 0 Å². The Balaban J connectivity index is 1.99. The average molecular weight is 338 g/mol. The van der Waals surface area contributed by atoms with E-state index in [0.29, 0.717) is 11.3 Å². The van der Waals surface area contributed by atoms with Crippen LogP contribution in [0.25, 0.3) is 0 Å². The van der Waals surface area contributed by atoms with E-state index in [2.05, 4.69) is 20.9 Å². The summed E-state index contributed by atoms with van der Waals surface area (Å²) in [4.78, 5) is 16.2. The third kappa shape index (κ3) is 3.81. The Labute approximate surface area is 124 Å². The highest BCUT2D eigenvalue weighted by atomic mass is 79.9. The molecule has 0 N–H and O–H groups in total. The molecule has 0 aliphatic carbocycles. The van der Waals surface area contributed by atoms with E-state index in [1.165, 1.54) is 11.8 Å². The highest BCUT2D eigenvalue weighted by molar-refractivity contribution is 9.10. The number of hydrogen-bond acceptors (Lipinski definition) is 4. The molecule has 19 heavy (non-hydrogen) atoms. The predicted octanol–water partition coefficient (Wildman–Crippen LogP) is 3.83. The van der Waals surface area contributed by atoms with Crippen LogP contribution in [-0.2, 0) is 0 Å². The molecule has 98 valence electrons. The van der Waals surface area contributed by atoms with E-state index < -0.39 is 0 Å². The fraction of sp³-hybridized carbons (Fsp3) is 0.143. The van der Waals surface area contributed by atoms with Gasteiger partial charge >= 0.3 is 0 Å². The van der Waals surface area contributed by atoms with E-state index in [-0.39, 0.29) is 5.78 Å². The average Bonchev–Trinajstić information content (AvgIpc) is 2.46. The van der Waals surface area contributed by atoms with Crippen LogP contribution < -0.4 is 4.74 Å². The zero-order valence-electron chi connectivity index (χ0n) is 10.3. The molecule has 2 aromatic rings. The number of pyridine rings is 1. The molecule has 0 saturated carbocycles. The first kappa shape index (κ1) is 14.1. The van der Waals surface area contributed by atoms with Crippen molar-refractivity contribution in [1.29, 1.82) is 0 Å². The molecule has 0 aliphatic heterocycles. The Hall–Kier alpha value is -1.33. The maximum Gasteiger partial charge on any atom is 0.173 e. The topological polar surface area (TPSA) is 39.2 Å². The number of hydrogen-bond donors (Lipinski definition) is 0. The number of ketones is 1. The largest absolute Gasteiger partial charge is 0.497 e. The van der Waals surface area contributed by atoms with Crippen molar-refractivity contribution in [3.63, 3.8) is 0 Å². The summed E-state index contributed by atoms with van der Waals surface area (Å²) in [5, 5.41) is 0.823. The van der Waals surface area contributed by atoms with E-state index in [9.17, 15) is 4.79 Å². The Morgan fingerprint density at radius 2 is 2.05 bits per heavy atom. The van der Waals surface area contributed by atoms with Gasteiger partial charge in [0, 0.05) is 16.2 Å².